The van der Waals surface area contributed by atoms with Crippen molar-refractivity contribution < 1.29 is 8.42 Å². The van der Waals surface area contributed by atoms with Crippen molar-refractivity contribution in [2.24, 2.45) is 0 Å². The molecular formula is C16H19N5O2S. The number of nitrogen functional groups attached to an aromatic ring is 1. The molecule has 24 heavy (non-hydrogen) atoms. The van der Waals surface area contributed by atoms with Crippen LogP contribution in [-0.4, -0.2) is 28.6 Å². The largest absolute Gasteiger partial charge is 0.366 e. The number of sulfonamides is 1. The quantitative estimate of drug-likeness (QED) is 0.756. The van der Waals surface area contributed by atoms with Crippen LogP contribution < -0.4 is 10.5 Å². The number of nitrogens with two attached hydrogens (primary N) is 1. The van der Waals surface area contributed by atoms with E-state index in [0.717, 1.165) is 11.1 Å². The van der Waals surface area contributed by atoms with Gasteiger partial charge in [-0.2, -0.15) is 4.98 Å². The molecule has 2 aromatic heterocycles. The summed E-state index contributed by atoms with van der Waals surface area (Å²) in [6.45, 7) is 5.41. The minimum Gasteiger partial charge on any atom is -0.366 e. The lowest BCUT2D eigenvalue weighted by atomic mass is 10.1. The Kier molecular flexibility index (Phi) is 3.81. The lowest BCUT2D eigenvalue weighted by molar-refractivity contribution is 0.491. The van der Waals surface area contributed by atoms with Crippen LogP contribution in [0.1, 0.15) is 20.8 Å². The first-order valence-electron chi connectivity index (χ1n) is 7.40. The van der Waals surface area contributed by atoms with Gasteiger partial charge in [0.15, 0.2) is 5.65 Å². The highest BCUT2D eigenvalue weighted by Gasteiger charge is 2.22. The van der Waals surface area contributed by atoms with Gasteiger partial charge in [-0.15, -0.1) is 5.10 Å². The first-order chi connectivity index (χ1) is 11.1. The van der Waals surface area contributed by atoms with Crippen LogP contribution in [0.4, 0.5) is 5.95 Å². The third kappa shape index (κ3) is 3.39. The molecule has 0 aliphatic rings. The number of fused-ring (bicyclic) bond motifs is 1. The highest BCUT2D eigenvalue weighted by molar-refractivity contribution is 7.89. The summed E-state index contributed by atoms with van der Waals surface area (Å²) in [5.74, 6) is 0.192. The van der Waals surface area contributed by atoms with Gasteiger partial charge < -0.3 is 5.73 Å². The van der Waals surface area contributed by atoms with Gasteiger partial charge in [0.1, 0.15) is 0 Å². The van der Waals surface area contributed by atoms with Gasteiger partial charge in [0.05, 0.1) is 4.90 Å². The monoisotopic (exact) mass is 345 g/mol. The Hall–Kier alpha value is -2.45. The van der Waals surface area contributed by atoms with Crippen LogP contribution in [0.25, 0.3) is 16.8 Å². The summed E-state index contributed by atoms with van der Waals surface area (Å²) >= 11 is 0. The van der Waals surface area contributed by atoms with Gasteiger partial charge in [-0.25, -0.2) is 17.7 Å². The summed E-state index contributed by atoms with van der Waals surface area (Å²) < 4.78 is 29.2. The number of hydrogen-bond acceptors (Lipinski definition) is 5. The fraction of sp³-hybridized carbons (Fsp3) is 0.250. The van der Waals surface area contributed by atoms with E-state index >= 15 is 0 Å². The van der Waals surface area contributed by atoms with E-state index in [1.165, 1.54) is 0 Å². The number of rotatable bonds is 3. The highest BCUT2D eigenvalue weighted by atomic mass is 32.2. The Bertz CT molecular complexity index is 1000. The molecule has 0 bridgehead atoms. The summed E-state index contributed by atoms with van der Waals surface area (Å²) in [6.07, 6.45) is 1.77. The number of nitrogens with zero attached hydrogens (tertiary/aromatic N) is 3. The van der Waals surface area contributed by atoms with Crippen molar-refractivity contribution in [3.05, 3.63) is 42.6 Å². The molecule has 3 aromatic rings. The Morgan fingerprint density at radius 2 is 1.88 bits per heavy atom. The number of aromatic nitrogens is 3. The van der Waals surface area contributed by atoms with Gasteiger partial charge >= 0.3 is 0 Å². The zero-order valence-electron chi connectivity index (χ0n) is 13.7. The molecule has 8 heteroatoms. The molecule has 3 rings (SSSR count). The van der Waals surface area contributed by atoms with Gasteiger partial charge in [0.25, 0.3) is 0 Å². The second-order valence-electron chi connectivity index (χ2n) is 6.57. The van der Waals surface area contributed by atoms with Crippen LogP contribution >= 0.6 is 0 Å². The van der Waals surface area contributed by atoms with Crippen molar-refractivity contribution in [3.8, 4) is 11.1 Å². The average molecular weight is 345 g/mol. The van der Waals surface area contributed by atoms with E-state index in [-0.39, 0.29) is 10.8 Å². The molecular weight excluding hydrogens is 326 g/mol. The molecule has 0 aliphatic carbocycles. The lowest BCUT2D eigenvalue weighted by Gasteiger charge is -2.20. The Morgan fingerprint density at radius 1 is 1.12 bits per heavy atom. The molecule has 0 aliphatic heterocycles. The summed E-state index contributed by atoms with van der Waals surface area (Å²) in [7, 11) is -3.59. The molecule has 0 atom stereocenters. The van der Waals surface area contributed by atoms with E-state index in [4.69, 9.17) is 5.73 Å². The standard InChI is InChI=1S/C16H19N5O2S/c1-16(2,3)20-24(22,23)13-6-4-5-11(9-13)12-7-8-14-18-15(17)19-21(14)10-12/h4-10,20H,1-3H3,(H2,17,19). The predicted octanol–water partition coefficient (Wildman–Crippen LogP) is 2.06. The molecule has 0 saturated heterocycles. The van der Waals surface area contributed by atoms with Gasteiger partial charge in [0, 0.05) is 17.3 Å². The maximum absolute atomic E-state index is 12.5. The second kappa shape index (κ2) is 5.57. The molecule has 0 unspecified atom stereocenters. The molecule has 126 valence electrons. The normalized spacial score (nSPS) is 12.6. The van der Waals surface area contributed by atoms with Crippen molar-refractivity contribution >= 4 is 21.6 Å². The number of pyridine rings is 1. The highest BCUT2D eigenvalue weighted by Crippen LogP contribution is 2.23. The molecule has 0 saturated carbocycles. The van der Waals surface area contributed by atoms with Gasteiger partial charge in [-0.1, -0.05) is 12.1 Å². The van der Waals surface area contributed by atoms with Crippen LogP contribution in [0.3, 0.4) is 0 Å². The van der Waals surface area contributed by atoms with Crippen LogP contribution in [0, 0.1) is 0 Å². The molecule has 3 N–H and O–H groups in total. The third-order valence-electron chi connectivity index (χ3n) is 3.27. The van der Waals surface area contributed by atoms with Gasteiger partial charge in [-0.3, -0.25) is 0 Å². The summed E-state index contributed by atoms with van der Waals surface area (Å²) in [6, 6.07) is 10.4. The van der Waals surface area contributed by atoms with Crippen LogP contribution in [-0.2, 0) is 10.0 Å². The minimum absolute atomic E-state index is 0.192. The van der Waals surface area contributed by atoms with Crippen molar-refractivity contribution in [3.63, 3.8) is 0 Å². The summed E-state index contributed by atoms with van der Waals surface area (Å²) in [4.78, 5) is 4.28. The van der Waals surface area contributed by atoms with Crippen LogP contribution in [0.15, 0.2) is 47.5 Å². The van der Waals surface area contributed by atoms with Crippen molar-refractivity contribution in [2.75, 3.05) is 5.73 Å². The van der Waals surface area contributed by atoms with Gasteiger partial charge in [0.2, 0.25) is 16.0 Å². The number of benzene rings is 1. The average Bonchev–Trinajstić information content (AvgIpc) is 2.84. The Balaban J connectivity index is 2.03. The van der Waals surface area contributed by atoms with E-state index in [0.29, 0.717) is 5.65 Å². The van der Waals surface area contributed by atoms with Crippen LogP contribution in [0.5, 0.6) is 0 Å². The van der Waals surface area contributed by atoms with Crippen molar-refractivity contribution in [2.45, 2.75) is 31.2 Å². The number of hydrogen-bond donors (Lipinski definition) is 2. The Labute approximate surface area is 140 Å². The van der Waals surface area contributed by atoms with E-state index in [1.807, 2.05) is 12.1 Å². The zero-order chi connectivity index (χ0) is 17.5. The fourth-order valence-corrected chi connectivity index (χ4v) is 3.84. The smallest absolute Gasteiger partial charge is 0.241 e. The molecule has 0 amide bonds. The number of nitrogens with one attached hydrogen (secondary N) is 1. The molecule has 1 aromatic carbocycles. The Morgan fingerprint density at radius 3 is 2.58 bits per heavy atom. The fourth-order valence-electron chi connectivity index (χ4n) is 2.38. The van der Waals surface area contributed by atoms with Crippen molar-refractivity contribution in [1.82, 2.24) is 19.3 Å². The number of anilines is 1. The molecule has 2 heterocycles. The summed E-state index contributed by atoms with van der Waals surface area (Å²) in [5.41, 5.74) is 7.26. The molecule has 7 nitrogen and oxygen atoms in total. The molecule has 0 spiro atoms. The zero-order valence-corrected chi connectivity index (χ0v) is 14.5. The first kappa shape index (κ1) is 16.4. The maximum atomic E-state index is 12.5. The van der Waals surface area contributed by atoms with Crippen molar-refractivity contribution in [1.29, 1.82) is 0 Å². The van der Waals surface area contributed by atoms with Crippen LogP contribution in [0.2, 0.25) is 0 Å². The predicted molar refractivity (Wildman–Crippen MR) is 92.9 cm³/mol. The van der Waals surface area contributed by atoms with Gasteiger partial charge in [-0.05, 0) is 50.6 Å². The minimum atomic E-state index is -3.59. The maximum Gasteiger partial charge on any atom is 0.241 e. The van der Waals surface area contributed by atoms with E-state index in [9.17, 15) is 8.42 Å². The summed E-state index contributed by atoms with van der Waals surface area (Å²) in [5, 5.41) is 4.07. The lowest BCUT2D eigenvalue weighted by Crippen LogP contribution is -2.40. The second-order valence-corrected chi connectivity index (χ2v) is 8.26. The third-order valence-corrected chi connectivity index (χ3v) is 5.02. The van der Waals surface area contributed by atoms with E-state index in [1.54, 1.807) is 55.7 Å². The first-order valence-corrected chi connectivity index (χ1v) is 8.89. The van der Waals surface area contributed by atoms with E-state index in [2.05, 4.69) is 14.8 Å². The SMILES string of the molecule is CC(C)(C)NS(=O)(=O)c1cccc(-c2ccc3nc(N)nn3c2)c1. The molecule has 0 radical (unpaired) electrons. The van der Waals surface area contributed by atoms with E-state index < -0.39 is 15.6 Å². The topological polar surface area (TPSA) is 102 Å². The molecule has 0 fully saturated rings.